The highest BCUT2D eigenvalue weighted by atomic mass is 79.9. The number of hydrogen-bond acceptors (Lipinski definition) is 2. The maximum atomic E-state index is 4.82. The largest absolute Gasteiger partial charge is 0.427 e. The minimum Gasteiger partial charge on any atom is -0.427 e. The third-order valence-electron chi connectivity index (χ3n) is 1.26. The lowest BCUT2D eigenvalue weighted by Gasteiger charge is -2.03. The Morgan fingerprint density at radius 3 is 2.60 bits per heavy atom. The van der Waals surface area contributed by atoms with Gasteiger partial charge in [-0.3, -0.25) is 0 Å². The number of halogens is 1. The van der Waals surface area contributed by atoms with E-state index in [0.29, 0.717) is 0 Å². The number of para-hydroxylation sites is 1. The summed E-state index contributed by atoms with van der Waals surface area (Å²) in [6.45, 7) is 1.97. The molecule has 0 atom stereocenters. The second-order valence-corrected chi connectivity index (χ2v) is 3.01. The van der Waals surface area contributed by atoms with Crippen LogP contribution in [0.1, 0.15) is 5.56 Å². The van der Waals surface area contributed by atoms with Gasteiger partial charge in [0.05, 0.1) is 4.47 Å². The summed E-state index contributed by atoms with van der Waals surface area (Å²) in [7, 11) is 0. The van der Waals surface area contributed by atoms with Crippen molar-refractivity contribution in [3.8, 4) is 5.75 Å². The van der Waals surface area contributed by atoms with Crippen LogP contribution in [0.15, 0.2) is 22.7 Å². The van der Waals surface area contributed by atoms with Gasteiger partial charge in [-0.15, -0.1) is 0 Å². The van der Waals surface area contributed by atoms with E-state index in [9.17, 15) is 0 Å². The predicted octanol–water partition coefficient (Wildman–Crippen LogP) is 2.98. The molecule has 0 amide bonds. The van der Waals surface area contributed by atoms with Gasteiger partial charge in [-0.25, -0.2) is 0 Å². The van der Waals surface area contributed by atoms with Crippen LogP contribution in [-0.2, 0) is 0 Å². The molecule has 0 unspecified atom stereocenters. The van der Waals surface area contributed by atoms with Gasteiger partial charge in [0.2, 0.25) is 0 Å². The van der Waals surface area contributed by atoms with E-state index in [1.165, 1.54) is 0 Å². The van der Waals surface area contributed by atoms with Gasteiger partial charge in [0.15, 0.2) is 5.75 Å². The summed E-state index contributed by atoms with van der Waals surface area (Å²) in [5.41, 5.74) is 1.07. The minimum absolute atomic E-state index is 0.783. The topological polar surface area (TPSA) is 9.23 Å². The molecular formula is C7H7BrOS. The SMILES string of the molecule is Cc1cccc(Br)c1OS. The van der Waals surface area contributed by atoms with Crippen molar-refractivity contribution in [1.82, 2.24) is 0 Å². The van der Waals surface area contributed by atoms with Crippen LogP contribution in [0.2, 0.25) is 0 Å². The zero-order chi connectivity index (χ0) is 7.56. The van der Waals surface area contributed by atoms with E-state index in [0.717, 1.165) is 15.8 Å². The molecule has 1 aromatic carbocycles. The molecule has 0 spiro atoms. The quantitative estimate of drug-likeness (QED) is 0.564. The molecule has 0 saturated carbocycles. The average molecular weight is 219 g/mol. The Labute approximate surface area is 74.1 Å². The van der Waals surface area contributed by atoms with Crippen molar-refractivity contribution in [1.29, 1.82) is 0 Å². The van der Waals surface area contributed by atoms with E-state index in [1.54, 1.807) is 0 Å². The minimum atomic E-state index is 0.783. The summed E-state index contributed by atoms with van der Waals surface area (Å²) >= 11 is 7.05. The number of aryl methyl sites for hydroxylation is 1. The molecule has 1 nitrogen and oxygen atoms in total. The first-order valence-electron chi connectivity index (χ1n) is 2.82. The van der Waals surface area contributed by atoms with Crippen LogP contribution >= 0.6 is 28.8 Å². The molecule has 0 saturated heterocycles. The van der Waals surface area contributed by atoms with Crippen molar-refractivity contribution in [2.75, 3.05) is 0 Å². The molecule has 1 aromatic rings. The van der Waals surface area contributed by atoms with Crippen molar-refractivity contribution in [3.05, 3.63) is 28.2 Å². The molecule has 0 radical (unpaired) electrons. The Hall–Kier alpha value is -0.150. The van der Waals surface area contributed by atoms with Gasteiger partial charge in [0.25, 0.3) is 0 Å². The van der Waals surface area contributed by atoms with Crippen LogP contribution in [0.3, 0.4) is 0 Å². The first-order valence-corrected chi connectivity index (χ1v) is 3.98. The summed E-state index contributed by atoms with van der Waals surface area (Å²) in [5, 5.41) is 0. The van der Waals surface area contributed by atoms with Crippen molar-refractivity contribution >= 4 is 28.8 Å². The highest BCUT2D eigenvalue weighted by Gasteiger charge is 2.01. The highest BCUT2D eigenvalue weighted by molar-refractivity contribution is 9.10. The van der Waals surface area contributed by atoms with Gasteiger partial charge in [-0.2, -0.15) is 0 Å². The third kappa shape index (κ3) is 1.47. The van der Waals surface area contributed by atoms with E-state index < -0.39 is 0 Å². The van der Waals surface area contributed by atoms with E-state index in [4.69, 9.17) is 4.18 Å². The summed E-state index contributed by atoms with van der Waals surface area (Å²) < 4.78 is 5.76. The van der Waals surface area contributed by atoms with E-state index in [2.05, 4.69) is 28.8 Å². The molecule has 54 valence electrons. The molecule has 0 bridgehead atoms. The molecule has 0 aliphatic heterocycles. The van der Waals surface area contributed by atoms with E-state index >= 15 is 0 Å². The Morgan fingerprint density at radius 1 is 1.50 bits per heavy atom. The third-order valence-corrected chi connectivity index (χ3v) is 2.06. The average Bonchev–Trinajstić information content (AvgIpc) is 1.88. The summed E-state index contributed by atoms with van der Waals surface area (Å²) in [4.78, 5) is 0. The Kier molecular flexibility index (Phi) is 2.63. The number of benzene rings is 1. The van der Waals surface area contributed by atoms with E-state index in [-0.39, 0.29) is 0 Å². The van der Waals surface area contributed by atoms with Crippen LogP contribution in [0.25, 0.3) is 0 Å². The van der Waals surface area contributed by atoms with Crippen LogP contribution < -0.4 is 4.18 Å². The molecule has 0 fully saturated rings. The van der Waals surface area contributed by atoms with Gasteiger partial charge in [-0.05, 0) is 34.5 Å². The van der Waals surface area contributed by atoms with Crippen LogP contribution in [0.4, 0.5) is 0 Å². The zero-order valence-electron chi connectivity index (χ0n) is 5.47. The van der Waals surface area contributed by atoms with Gasteiger partial charge in [-0.1, -0.05) is 12.1 Å². The zero-order valence-corrected chi connectivity index (χ0v) is 7.95. The summed E-state index contributed by atoms with van der Waals surface area (Å²) in [6, 6.07) is 5.84. The van der Waals surface area contributed by atoms with Gasteiger partial charge >= 0.3 is 0 Å². The fourth-order valence-corrected chi connectivity index (χ4v) is 1.65. The van der Waals surface area contributed by atoms with Gasteiger partial charge in [0.1, 0.15) is 0 Å². The normalized spacial score (nSPS) is 9.50. The van der Waals surface area contributed by atoms with Crippen LogP contribution in [-0.4, -0.2) is 0 Å². The summed E-state index contributed by atoms with van der Waals surface area (Å²) in [6.07, 6.45) is 0. The number of rotatable bonds is 1. The lowest BCUT2D eigenvalue weighted by molar-refractivity contribution is 0.648. The van der Waals surface area contributed by atoms with Crippen molar-refractivity contribution in [3.63, 3.8) is 0 Å². The van der Waals surface area contributed by atoms with Gasteiger partial charge in [0, 0.05) is 12.9 Å². The smallest absolute Gasteiger partial charge is 0.154 e. The molecule has 1 rings (SSSR count). The van der Waals surface area contributed by atoms with Crippen molar-refractivity contribution in [2.24, 2.45) is 0 Å². The predicted molar refractivity (Wildman–Crippen MR) is 48.5 cm³/mol. The molecule has 3 heteroatoms. The van der Waals surface area contributed by atoms with Crippen molar-refractivity contribution in [2.45, 2.75) is 6.92 Å². The molecule has 0 heterocycles. The number of thiol groups is 1. The molecule has 10 heavy (non-hydrogen) atoms. The lowest BCUT2D eigenvalue weighted by Crippen LogP contribution is -1.81. The maximum Gasteiger partial charge on any atom is 0.154 e. The second kappa shape index (κ2) is 3.30. The summed E-state index contributed by atoms with van der Waals surface area (Å²) in [5.74, 6) is 0.783. The van der Waals surface area contributed by atoms with E-state index in [1.807, 2.05) is 25.1 Å². The molecule has 0 aliphatic carbocycles. The number of hydrogen-bond donors (Lipinski definition) is 1. The van der Waals surface area contributed by atoms with Crippen molar-refractivity contribution < 1.29 is 4.18 Å². The lowest BCUT2D eigenvalue weighted by atomic mass is 10.2. The molecule has 0 aliphatic rings. The van der Waals surface area contributed by atoms with Gasteiger partial charge < -0.3 is 4.18 Å². The molecular weight excluding hydrogens is 212 g/mol. The fraction of sp³-hybridized carbons (Fsp3) is 0.143. The first kappa shape index (κ1) is 7.95. The highest BCUT2D eigenvalue weighted by Crippen LogP contribution is 2.28. The maximum absolute atomic E-state index is 4.82. The first-order chi connectivity index (χ1) is 4.75. The Bertz CT molecular complexity index is 217. The Balaban J connectivity index is 3.17. The van der Waals surface area contributed by atoms with Crippen LogP contribution in [0, 0.1) is 6.92 Å². The van der Waals surface area contributed by atoms with Crippen LogP contribution in [0.5, 0.6) is 5.75 Å². The monoisotopic (exact) mass is 218 g/mol. The second-order valence-electron chi connectivity index (χ2n) is 1.98. The molecule has 0 N–H and O–H groups in total. The standard InChI is InChI=1S/C7H7BrOS/c1-5-3-2-4-6(8)7(5)9-10/h2-4,10H,1H3. The fourth-order valence-electron chi connectivity index (χ4n) is 0.732. The Morgan fingerprint density at radius 2 is 2.20 bits per heavy atom. The molecule has 0 aromatic heterocycles.